The fourth-order valence-corrected chi connectivity index (χ4v) is 3.48. The Balaban J connectivity index is 2.56. The molecule has 2 rings (SSSR count). The van der Waals surface area contributed by atoms with Gasteiger partial charge in [0.15, 0.2) is 5.75 Å². The third kappa shape index (κ3) is 3.45. The van der Waals surface area contributed by atoms with Crippen molar-refractivity contribution in [3.05, 3.63) is 52.6 Å². The summed E-state index contributed by atoms with van der Waals surface area (Å²) in [6.07, 6.45) is 0. The zero-order valence-corrected chi connectivity index (χ0v) is 13.7. The van der Waals surface area contributed by atoms with E-state index < -0.39 is 32.2 Å². The molecule has 0 bridgehead atoms. The Morgan fingerprint density at radius 3 is 2.30 bits per heavy atom. The molecule has 0 aromatic heterocycles. The van der Waals surface area contributed by atoms with Gasteiger partial charge in [-0.15, -0.1) is 0 Å². The number of aromatic hydroxyl groups is 1. The van der Waals surface area contributed by atoms with Gasteiger partial charge in [0.2, 0.25) is 0 Å². The van der Waals surface area contributed by atoms with E-state index in [2.05, 4.69) is 4.72 Å². The van der Waals surface area contributed by atoms with Crippen LogP contribution in [0.15, 0.2) is 35.2 Å². The van der Waals surface area contributed by atoms with Gasteiger partial charge in [-0.1, -0.05) is 12.1 Å². The first-order valence-corrected chi connectivity index (χ1v) is 8.27. The van der Waals surface area contributed by atoms with Crippen molar-refractivity contribution in [1.82, 2.24) is 0 Å². The van der Waals surface area contributed by atoms with E-state index in [9.17, 15) is 18.3 Å². The zero-order chi connectivity index (χ0) is 17.4. The van der Waals surface area contributed by atoms with Crippen molar-refractivity contribution >= 4 is 21.7 Å². The minimum Gasteiger partial charge on any atom is -0.506 e. The fraction of sp³-hybridized carbons (Fsp3) is 0.188. The zero-order valence-electron chi connectivity index (χ0n) is 12.9. The summed E-state index contributed by atoms with van der Waals surface area (Å²) in [4.78, 5) is 10.7. The van der Waals surface area contributed by atoms with Crippen LogP contribution in [0.1, 0.15) is 27.0 Å². The number of benzene rings is 2. The number of aromatic carboxylic acids is 1. The van der Waals surface area contributed by atoms with Crippen molar-refractivity contribution in [1.29, 1.82) is 0 Å². The molecule has 2 aromatic carbocycles. The maximum atomic E-state index is 12.5. The van der Waals surface area contributed by atoms with Crippen LogP contribution < -0.4 is 4.72 Å². The Bertz CT molecular complexity index is 888. The Morgan fingerprint density at radius 1 is 1.04 bits per heavy atom. The SMILES string of the molecule is Cc1ccc(C)c(NS(=O)(=O)c2cc(C)cc(C(=O)O)c2O)c1. The maximum absolute atomic E-state index is 12.5. The molecule has 0 spiro atoms. The number of hydrogen-bond donors (Lipinski definition) is 3. The second-order valence-electron chi connectivity index (χ2n) is 5.39. The number of nitrogens with one attached hydrogen (secondary N) is 1. The van der Waals surface area contributed by atoms with Crippen LogP contribution in [0.3, 0.4) is 0 Å². The van der Waals surface area contributed by atoms with Crippen LogP contribution in [0, 0.1) is 20.8 Å². The maximum Gasteiger partial charge on any atom is 0.339 e. The van der Waals surface area contributed by atoms with E-state index in [1.165, 1.54) is 12.1 Å². The lowest BCUT2D eigenvalue weighted by Gasteiger charge is -2.14. The first-order chi connectivity index (χ1) is 10.6. The summed E-state index contributed by atoms with van der Waals surface area (Å²) < 4.78 is 27.5. The number of rotatable bonds is 4. The molecule has 6 nitrogen and oxygen atoms in total. The van der Waals surface area contributed by atoms with Crippen molar-refractivity contribution in [2.75, 3.05) is 4.72 Å². The van der Waals surface area contributed by atoms with Crippen LogP contribution in [0.4, 0.5) is 5.69 Å². The van der Waals surface area contributed by atoms with E-state index in [1.54, 1.807) is 26.0 Å². The molecule has 0 aliphatic rings. The van der Waals surface area contributed by atoms with Gasteiger partial charge >= 0.3 is 5.97 Å². The number of sulfonamides is 1. The average molecular weight is 335 g/mol. The summed E-state index contributed by atoms with van der Waals surface area (Å²) in [5.74, 6) is -2.17. The Hall–Kier alpha value is -2.54. The second kappa shape index (κ2) is 5.92. The number of hydrogen-bond acceptors (Lipinski definition) is 4. The third-order valence-electron chi connectivity index (χ3n) is 3.38. The summed E-state index contributed by atoms with van der Waals surface area (Å²) in [5, 5.41) is 19.1. The molecule has 0 unspecified atom stereocenters. The summed E-state index contributed by atoms with van der Waals surface area (Å²) in [7, 11) is -4.13. The molecule has 0 fully saturated rings. The number of phenols is 1. The molecular formula is C16H17NO5S. The first kappa shape index (κ1) is 16.8. The molecular weight excluding hydrogens is 318 g/mol. The second-order valence-corrected chi connectivity index (χ2v) is 7.04. The number of carboxylic acids is 1. The van der Waals surface area contributed by atoms with Gasteiger partial charge in [0.05, 0.1) is 5.69 Å². The normalized spacial score (nSPS) is 11.3. The summed E-state index contributed by atoms with van der Waals surface area (Å²) in [6.45, 7) is 5.13. The lowest BCUT2D eigenvalue weighted by atomic mass is 10.1. The Labute approximate surface area is 134 Å². The fourth-order valence-electron chi connectivity index (χ4n) is 2.16. The lowest BCUT2D eigenvalue weighted by molar-refractivity contribution is 0.0693. The molecule has 0 saturated heterocycles. The highest BCUT2D eigenvalue weighted by Gasteiger charge is 2.24. The molecule has 0 radical (unpaired) electrons. The quantitative estimate of drug-likeness (QED) is 0.797. The minimum absolute atomic E-state index is 0.378. The van der Waals surface area contributed by atoms with E-state index in [4.69, 9.17) is 5.11 Å². The van der Waals surface area contributed by atoms with Crippen molar-refractivity contribution in [2.24, 2.45) is 0 Å². The molecule has 0 aliphatic heterocycles. The molecule has 0 amide bonds. The van der Waals surface area contributed by atoms with Gasteiger partial charge < -0.3 is 10.2 Å². The highest BCUT2D eigenvalue weighted by molar-refractivity contribution is 7.92. The van der Waals surface area contributed by atoms with Crippen molar-refractivity contribution in [3.8, 4) is 5.75 Å². The van der Waals surface area contributed by atoms with E-state index >= 15 is 0 Å². The Morgan fingerprint density at radius 2 is 1.70 bits per heavy atom. The van der Waals surface area contributed by atoms with Crippen LogP contribution in [-0.4, -0.2) is 24.6 Å². The predicted molar refractivity (Wildman–Crippen MR) is 86.5 cm³/mol. The molecule has 2 aromatic rings. The van der Waals surface area contributed by atoms with Crippen molar-refractivity contribution in [2.45, 2.75) is 25.7 Å². The van der Waals surface area contributed by atoms with Crippen LogP contribution in [0.25, 0.3) is 0 Å². The van der Waals surface area contributed by atoms with E-state index in [-0.39, 0.29) is 0 Å². The van der Waals surface area contributed by atoms with Gasteiger partial charge in [0.1, 0.15) is 10.5 Å². The molecule has 0 atom stereocenters. The number of carbonyl (C=O) groups is 1. The summed E-state index contributed by atoms with van der Waals surface area (Å²) in [5.41, 5.74) is 1.92. The molecule has 0 saturated carbocycles. The molecule has 7 heteroatoms. The van der Waals surface area contributed by atoms with Gasteiger partial charge in [-0.05, 0) is 55.7 Å². The van der Waals surface area contributed by atoms with E-state index in [1.807, 2.05) is 13.0 Å². The third-order valence-corrected chi connectivity index (χ3v) is 4.76. The standard InChI is InChI=1S/C16H17NO5S/c1-9-4-5-11(3)13(7-9)17-23(21,22)14-8-10(2)6-12(15(14)18)16(19)20/h4-8,17-18H,1-3H3,(H,19,20). The molecule has 122 valence electrons. The van der Waals surface area contributed by atoms with Crippen LogP contribution in [0.2, 0.25) is 0 Å². The lowest BCUT2D eigenvalue weighted by Crippen LogP contribution is -2.15. The largest absolute Gasteiger partial charge is 0.506 e. The van der Waals surface area contributed by atoms with Gasteiger partial charge in [0.25, 0.3) is 10.0 Å². The van der Waals surface area contributed by atoms with Gasteiger partial charge in [-0.2, -0.15) is 0 Å². The highest BCUT2D eigenvalue weighted by atomic mass is 32.2. The first-order valence-electron chi connectivity index (χ1n) is 6.79. The van der Waals surface area contributed by atoms with Gasteiger partial charge in [-0.3, -0.25) is 4.72 Å². The van der Waals surface area contributed by atoms with Gasteiger partial charge in [0, 0.05) is 0 Å². The summed E-state index contributed by atoms with van der Waals surface area (Å²) in [6, 6.07) is 7.73. The number of aryl methyl sites for hydroxylation is 3. The van der Waals surface area contributed by atoms with Crippen LogP contribution >= 0.6 is 0 Å². The Kier molecular flexibility index (Phi) is 4.33. The van der Waals surface area contributed by atoms with Gasteiger partial charge in [-0.25, -0.2) is 13.2 Å². The number of carboxylic acid groups (broad SMARTS) is 1. The molecule has 3 N–H and O–H groups in total. The van der Waals surface area contributed by atoms with Crippen LogP contribution in [-0.2, 0) is 10.0 Å². The monoisotopic (exact) mass is 335 g/mol. The topological polar surface area (TPSA) is 104 Å². The molecule has 0 heterocycles. The number of anilines is 1. The highest BCUT2D eigenvalue weighted by Crippen LogP contribution is 2.31. The van der Waals surface area contributed by atoms with Crippen LogP contribution in [0.5, 0.6) is 5.75 Å². The van der Waals surface area contributed by atoms with E-state index in [0.717, 1.165) is 5.56 Å². The predicted octanol–water partition coefficient (Wildman–Crippen LogP) is 2.82. The van der Waals surface area contributed by atoms with Crippen molar-refractivity contribution < 1.29 is 23.4 Å². The minimum atomic E-state index is -4.13. The smallest absolute Gasteiger partial charge is 0.339 e. The molecule has 0 aliphatic carbocycles. The van der Waals surface area contributed by atoms with E-state index in [0.29, 0.717) is 16.8 Å². The van der Waals surface area contributed by atoms with Crippen molar-refractivity contribution in [3.63, 3.8) is 0 Å². The molecule has 23 heavy (non-hydrogen) atoms. The summed E-state index contributed by atoms with van der Waals surface area (Å²) >= 11 is 0. The average Bonchev–Trinajstić information content (AvgIpc) is 2.44.